The number of anilines is 1. The number of methoxy groups -OCH3 is 4. The number of fused-ring (bicyclic) bond motifs is 2. The summed E-state index contributed by atoms with van der Waals surface area (Å²) in [4.78, 5) is 16.9. The number of nitrogens with one attached hydrogen (secondary N) is 1. The molecule has 0 aliphatic carbocycles. The highest BCUT2D eigenvalue weighted by atomic mass is 35.5. The van der Waals surface area contributed by atoms with Gasteiger partial charge in [-0.1, -0.05) is 11.6 Å². The van der Waals surface area contributed by atoms with Crippen molar-refractivity contribution < 1.29 is 23.7 Å². The smallest absolute Gasteiger partial charge is 0.230 e. The highest BCUT2D eigenvalue weighted by Gasteiger charge is 2.22. The second-order valence-corrected chi connectivity index (χ2v) is 7.70. The molecule has 0 atom stereocenters. The molecule has 4 aromatic rings. The van der Waals surface area contributed by atoms with Gasteiger partial charge in [-0.25, -0.2) is 9.55 Å². The van der Waals surface area contributed by atoms with E-state index in [1.165, 1.54) is 11.5 Å². The monoisotopic (exact) mass is 469 g/mol. The minimum atomic E-state index is -0.170. The van der Waals surface area contributed by atoms with Crippen molar-refractivity contribution >= 4 is 45.3 Å². The summed E-state index contributed by atoms with van der Waals surface area (Å²) in [6.07, 6.45) is 0. The molecular formula is C24H24ClN3O5. The molecule has 1 N–H and O–H groups in total. The molecule has 0 unspecified atom stereocenters. The van der Waals surface area contributed by atoms with Gasteiger partial charge in [0.15, 0.2) is 0 Å². The van der Waals surface area contributed by atoms with Gasteiger partial charge < -0.3 is 24.3 Å². The van der Waals surface area contributed by atoms with Gasteiger partial charge in [0, 0.05) is 24.1 Å². The zero-order valence-electron chi connectivity index (χ0n) is 19.0. The predicted molar refractivity (Wildman–Crippen MR) is 129 cm³/mol. The minimum absolute atomic E-state index is 0.170. The van der Waals surface area contributed by atoms with Crippen LogP contribution in [0.5, 0.6) is 23.0 Å². The SMILES string of the molecule is COc1ccc(OC)c2c(OC)c(CNc3nc4cc(Cl)ccc4n3C(C)=O)cc(OC)c12. The Balaban J connectivity index is 1.85. The second kappa shape index (κ2) is 9.07. The van der Waals surface area contributed by atoms with E-state index in [4.69, 9.17) is 30.5 Å². The molecule has 0 bridgehead atoms. The Morgan fingerprint density at radius 1 is 0.939 bits per heavy atom. The molecule has 0 saturated carbocycles. The van der Waals surface area contributed by atoms with Crippen molar-refractivity contribution in [1.82, 2.24) is 9.55 Å². The Kier molecular flexibility index (Phi) is 6.20. The number of carbonyl (C=O) groups excluding carboxylic acids is 1. The van der Waals surface area contributed by atoms with Gasteiger partial charge in [-0.2, -0.15) is 0 Å². The van der Waals surface area contributed by atoms with Gasteiger partial charge in [-0.15, -0.1) is 0 Å². The maximum Gasteiger partial charge on any atom is 0.230 e. The number of rotatable bonds is 7. The van der Waals surface area contributed by atoms with E-state index >= 15 is 0 Å². The van der Waals surface area contributed by atoms with E-state index < -0.39 is 0 Å². The molecule has 0 spiro atoms. The molecular weight excluding hydrogens is 446 g/mol. The minimum Gasteiger partial charge on any atom is -0.496 e. The topological polar surface area (TPSA) is 83.8 Å². The third-order valence-electron chi connectivity index (χ3n) is 5.43. The number of imidazole rings is 1. The third kappa shape index (κ3) is 3.87. The van der Waals surface area contributed by atoms with Crippen LogP contribution in [0.25, 0.3) is 21.8 Å². The molecule has 1 heterocycles. The van der Waals surface area contributed by atoms with Gasteiger partial charge in [-0.3, -0.25) is 4.79 Å². The molecule has 172 valence electrons. The summed E-state index contributed by atoms with van der Waals surface area (Å²) in [5.41, 5.74) is 2.08. The van der Waals surface area contributed by atoms with Crippen molar-refractivity contribution in [3.05, 3.63) is 47.0 Å². The van der Waals surface area contributed by atoms with Crippen molar-refractivity contribution in [3.63, 3.8) is 0 Å². The van der Waals surface area contributed by atoms with Crippen LogP contribution in [0, 0.1) is 0 Å². The lowest BCUT2D eigenvalue weighted by Gasteiger charge is -2.19. The summed E-state index contributed by atoms with van der Waals surface area (Å²) >= 11 is 6.11. The first kappa shape index (κ1) is 22.5. The molecule has 0 aliphatic heterocycles. The average molecular weight is 470 g/mol. The van der Waals surface area contributed by atoms with Crippen LogP contribution in [-0.2, 0) is 6.54 Å². The van der Waals surface area contributed by atoms with Crippen LogP contribution in [-0.4, -0.2) is 43.9 Å². The van der Waals surface area contributed by atoms with Gasteiger partial charge in [0.1, 0.15) is 23.0 Å². The summed E-state index contributed by atoms with van der Waals surface area (Å²) in [7, 11) is 6.38. The first-order valence-electron chi connectivity index (χ1n) is 10.1. The number of halogens is 1. The van der Waals surface area contributed by atoms with E-state index in [2.05, 4.69) is 10.3 Å². The first-order chi connectivity index (χ1) is 15.9. The zero-order chi connectivity index (χ0) is 23.7. The van der Waals surface area contributed by atoms with Gasteiger partial charge in [0.25, 0.3) is 0 Å². The van der Waals surface area contributed by atoms with Gasteiger partial charge in [-0.05, 0) is 36.4 Å². The fourth-order valence-corrected chi connectivity index (χ4v) is 4.19. The number of carbonyl (C=O) groups is 1. The van der Waals surface area contributed by atoms with E-state index in [-0.39, 0.29) is 5.91 Å². The highest BCUT2D eigenvalue weighted by molar-refractivity contribution is 6.31. The van der Waals surface area contributed by atoms with Crippen LogP contribution in [0.4, 0.5) is 5.95 Å². The number of aromatic nitrogens is 2. The van der Waals surface area contributed by atoms with Crippen molar-refractivity contribution in [2.24, 2.45) is 0 Å². The van der Waals surface area contributed by atoms with Crippen molar-refractivity contribution in [1.29, 1.82) is 0 Å². The van der Waals surface area contributed by atoms with Crippen LogP contribution in [0.2, 0.25) is 5.02 Å². The lowest BCUT2D eigenvalue weighted by Crippen LogP contribution is -2.12. The summed E-state index contributed by atoms with van der Waals surface area (Å²) in [6.45, 7) is 1.79. The Labute approximate surface area is 196 Å². The summed E-state index contributed by atoms with van der Waals surface area (Å²) < 4.78 is 24.1. The first-order valence-corrected chi connectivity index (χ1v) is 10.5. The van der Waals surface area contributed by atoms with Crippen LogP contribution in [0.15, 0.2) is 36.4 Å². The molecule has 3 aromatic carbocycles. The number of hydrogen-bond acceptors (Lipinski definition) is 7. The number of nitrogens with zero attached hydrogens (tertiary/aromatic N) is 2. The third-order valence-corrected chi connectivity index (χ3v) is 5.67. The van der Waals surface area contributed by atoms with Crippen LogP contribution in [0.3, 0.4) is 0 Å². The Bertz CT molecular complexity index is 1370. The highest BCUT2D eigenvalue weighted by Crippen LogP contribution is 2.46. The maximum absolute atomic E-state index is 12.4. The van der Waals surface area contributed by atoms with E-state index in [9.17, 15) is 4.79 Å². The molecule has 9 heteroatoms. The van der Waals surface area contributed by atoms with Crippen LogP contribution < -0.4 is 24.3 Å². The number of ether oxygens (including phenoxy) is 4. The largest absolute Gasteiger partial charge is 0.496 e. The molecule has 8 nitrogen and oxygen atoms in total. The van der Waals surface area contributed by atoms with Crippen LogP contribution in [0.1, 0.15) is 17.3 Å². The molecule has 1 aromatic heterocycles. The Hall–Kier alpha value is -3.65. The second-order valence-electron chi connectivity index (χ2n) is 7.27. The lowest BCUT2D eigenvalue weighted by atomic mass is 10.0. The molecule has 0 amide bonds. The summed E-state index contributed by atoms with van der Waals surface area (Å²) in [5.74, 6) is 2.69. The van der Waals surface area contributed by atoms with E-state index in [1.54, 1.807) is 46.6 Å². The standard InChI is InChI=1S/C24H24ClN3O5/c1-13(29)28-17-7-6-15(25)11-16(17)27-24(28)26-12-14-10-20(32-4)21-18(30-2)8-9-19(31-3)22(21)23(14)33-5/h6-11H,12H2,1-5H3,(H,26,27). The summed E-state index contributed by atoms with van der Waals surface area (Å²) in [6, 6.07) is 10.7. The van der Waals surface area contributed by atoms with Gasteiger partial charge in [0.05, 0.1) is 50.2 Å². The molecule has 4 rings (SSSR count). The predicted octanol–water partition coefficient (Wildman–Crippen LogP) is 5.15. The Morgan fingerprint density at radius 2 is 1.61 bits per heavy atom. The van der Waals surface area contributed by atoms with Gasteiger partial charge in [0.2, 0.25) is 11.9 Å². The Morgan fingerprint density at radius 3 is 2.21 bits per heavy atom. The quantitative estimate of drug-likeness (QED) is 0.400. The van der Waals surface area contributed by atoms with Crippen molar-refractivity contribution in [3.8, 4) is 23.0 Å². The lowest BCUT2D eigenvalue weighted by molar-refractivity contribution is 0.0943. The fourth-order valence-electron chi connectivity index (χ4n) is 4.02. The number of benzene rings is 3. The maximum atomic E-state index is 12.4. The average Bonchev–Trinajstić information content (AvgIpc) is 3.18. The number of hydrogen-bond donors (Lipinski definition) is 1. The van der Waals surface area contributed by atoms with E-state index in [0.29, 0.717) is 51.5 Å². The molecule has 33 heavy (non-hydrogen) atoms. The van der Waals surface area contributed by atoms with Gasteiger partial charge >= 0.3 is 0 Å². The fraction of sp³-hybridized carbons (Fsp3) is 0.250. The molecule has 0 aliphatic rings. The van der Waals surface area contributed by atoms with E-state index in [1.807, 2.05) is 18.2 Å². The van der Waals surface area contributed by atoms with E-state index in [0.717, 1.165) is 16.3 Å². The molecule has 0 fully saturated rings. The van der Waals surface area contributed by atoms with Crippen LogP contribution >= 0.6 is 11.6 Å². The van der Waals surface area contributed by atoms with Crippen molar-refractivity contribution in [2.45, 2.75) is 13.5 Å². The van der Waals surface area contributed by atoms with Crippen molar-refractivity contribution in [2.75, 3.05) is 33.8 Å². The zero-order valence-corrected chi connectivity index (χ0v) is 19.7. The molecule has 0 radical (unpaired) electrons. The normalized spacial score (nSPS) is 11.0. The summed E-state index contributed by atoms with van der Waals surface area (Å²) in [5, 5.41) is 5.27. The molecule has 0 saturated heterocycles.